The molecule has 30 heavy (non-hydrogen) atoms. The zero-order chi connectivity index (χ0) is 21.5. The average Bonchev–Trinajstić information content (AvgIpc) is 3.26. The summed E-state index contributed by atoms with van der Waals surface area (Å²) < 4.78 is 19.3. The van der Waals surface area contributed by atoms with Crippen LogP contribution < -0.4 is 10.5 Å². The second-order valence-corrected chi connectivity index (χ2v) is 7.74. The van der Waals surface area contributed by atoms with Crippen LogP contribution in [0.1, 0.15) is 38.4 Å². The average molecular weight is 413 g/mol. The van der Waals surface area contributed by atoms with Crippen LogP contribution in [0.5, 0.6) is 5.88 Å². The number of rotatable bonds is 6. The van der Waals surface area contributed by atoms with Gasteiger partial charge in [0.25, 0.3) is 5.88 Å². The van der Waals surface area contributed by atoms with Gasteiger partial charge < -0.3 is 25.1 Å². The maximum absolute atomic E-state index is 11.9. The third-order valence-corrected chi connectivity index (χ3v) is 6.09. The van der Waals surface area contributed by atoms with Gasteiger partial charge in [0.2, 0.25) is 17.4 Å². The van der Waals surface area contributed by atoms with Crippen LogP contribution in [0.3, 0.4) is 0 Å². The maximum Gasteiger partial charge on any atom is 0.262 e. The van der Waals surface area contributed by atoms with E-state index in [0.717, 1.165) is 5.56 Å². The minimum Gasteiger partial charge on any atom is -0.478 e. The Balaban J connectivity index is 1.81. The minimum absolute atomic E-state index is 0.00723. The summed E-state index contributed by atoms with van der Waals surface area (Å²) >= 11 is 0. The van der Waals surface area contributed by atoms with Crippen LogP contribution in [0.4, 0.5) is 5.95 Å². The van der Waals surface area contributed by atoms with E-state index in [1.54, 1.807) is 0 Å². The van der Waals surface area contributed by atoms with Crippen molar-refractivity contribution in [2.24, 2.45) is 5.92 Å². The summed E-state index contributed by atoms with van der Waals surface area (Å²) in [6.45, 7) is 6.21. The van der Waals surface area contributed by atoms with E-state index >= 15 is 0 Å². The summed E-state index contributed by atoms with van der Waals surface area (Å²) in [6.07, 6.45) is 1.99. The number of nitrogens with zero attached hydrogens (tertiary/aromatic N) is 4. The first-order valence-electron chi connectivity index (χ1n) is 9.97. The van der Waals surface area contributed by atoms with E-state index in [1.807, 2.05) is 51.1 Å². The lowest BCUT2D eigenvalue weighted by molar-refractivity contribution is -0.288. The number of anilines is 1. The van der Waals surface area contributed by atoms with Crippen molar-refractivity contribution in [3.63, 3.8) is 0 Å². The van der Waals surface area contributed by atoms with Crippen LogP contribution in [0, 0.1) is 5.92 Å². The summed E-state index contributed by atoms with van der Waals surface area (Å²) in [5.74, 6) is -1.72. The number of nitrogen functional groups attached to an aromatic ring is 1. The summed E-state index contributed by atoms with van der Waals surface area (Å²) in [7, 11) is 1.47. The summed E-state index contributed by atoms with van der Waals surface area (Å²) in [6, 6.07) is 9.81. The van der Waals surface area contributed by atoms with Crippen LogP contribution in [-0.2, 0) is 21.9 Å². The Kier molecular flexibility index (Phi) is 5.13. The molecule has 4 rings (SSSR count). The highest BCUT2D eigenvalue weighted by Gasteiger charge is 2.64. The fraction of sp³-hybridized carbons (Fsp3) is 0.476. The lowest BCUT2D eigenvalue weighted by Crippen LogP contribution is -2.52. The molecule has 0 radical (unpaired) electrons. The Morgan fingerprint density at radius 3 is 2.70 bits per heavy atom. The Hall–Kier alpha value is -2.75. The second kappa shape index (κ2) is 7.50. The molecule has 0 spiro atoms. The first-order valence-corrected chi connectivity index (χ1v) is 9.97. The van der Waals surface area contributed by atoms with Gasteiger partial charge in [-0.15, -0.1) is 5.10 Å². The molecule has 1 aromatic carbocycles. The van der Waals surface area contributed by atoms with E-state index in [2.05, 4.69) is 15.1 Å². The number of methoxy groups -OCH3 is 1. The zero-order valence-corrected chi connectivity index (χ0v) is 17.6. The van der Waals surface area contributed by atoms with E-state index in [9.17, 15) is 5.11 Å². The van der Waals surface area contributed by atoms with Crippen molar-refractivity contribution in [1.82, 2.24) is 19.6 Å². The molecule has 3 heterocycles. The summed E-state index contributed by atoms with van der Waals surface area (Å²) in [4.78, 5) is 8.39. The molecule has 9 nitrogen and oxygen atoms in total. The Morgan fingerprint density at radius 2 is 2.03 bits per heavy atom. The van der Waals surface area contributed by atoms with Crippen molar-refractivity contribution < 1.29 is 19.3 Å². The van der Waals surface area contributed by atoms with Gasteiger partial charge in [-0.3, -0.25) is 0 Å². The monoisotopic (exact) mass is 413 g/mol. The largest absolute Gasteiger partial charge is 0.478 e. The second-order valence-electron chi connectivity index (χ2n) is 7.74. The molecule has 3 N–H and O–H groups in total. The SMILES string of the molecule is CC[C@H]1O[C@@](O)(c2cnc3c(OC)nc(N)nn23)[C@](C)(OCc2ccccc2)[C@@H]1C. The van der Waals surface area contributed by atoms with Crippen molar-refractivity contribution in [3.8, 4) is 5.88 Å². The molecule has 0 unspecified atom stereocenters. The number of fused-ring (bicyclic) bond motifs is 1. The predicted molar refractivity (Wildman–Crippen MR) is 110 cm³/mol. The lowest BCUT2D eigenvalue weighted by atomic mass is 9.81. The molecule has 0 amide bonds. The minimum atomic E-state index is -1.81. The molecule has 2 aromatic heterocycles. The van der Waals surface area contributed by atoms with Crippen LogP contribution in [0.15, 0.2) is 36.5 Å². The van der Waals surface area contributed by atoms with E-state index in [-0.39, 0.29) is 23.9 Å². The van der Waals surface area contributed by atoms with E-state index in [0.29, 0.717) is 24.4 Å². The molecular formula is C21H27N5O4. The molecule has 1 aliphatic heterocycles. The smallest absolute Gasteiger partial charge is 0.262 e. The van der Waals surface area contributed by atoms with Crippen molar-refractivity contribution >= 4 is 11.6 Å². The Labute approximate surface area is 174 Å². The number of imidazole rings is 1. The third-order valence-electron chi connectivity index (χ3n) is 6.09. The molecule has 4 atom stereocenters. The molecule has 0 aliphatic carbocycles. The zero-order valence-electron chi connectivity index (χ0n) is 17.6. The quantitative estimate of drug-likeness (QED) is 0.632. The molecule has 160 valence electrons. The highest BCUT2D eigenvalue weighted by atomic mass is 16.7. The summed E-state index contributed by atoms with van der Waals surface area (Å²) in [5.41, 5.74) is 6.41. The molecule has 1 saturated heterocycles. The van der Waals surface area contributed by atoms with Crippen molar-refractivity contribution in [2.45, 2.75) is 51.3 Å². The van der Waals surface area contributed by atoms with Gasteiger partial charge in [0.05, 0.1) is 26.0 Å². The normalized spacial score (nSPS) is 28.8. The fourth-order valence-electron chi connectivity index (χ4n) is 4.13. The van der Waals surface area contributed by atoms with Gasteiger partial charge >= 0.3 is 0 Å². The third kappa shape index (κ3) is 3.01. The fourth-order valence-corrected chi connectivity index (χ4v) is 4.13. The van der Waals surface area contributed by atoms with Gasteiger partial charge in [-0.2, -0.15) is 4.98 Å². The van der Waals surface area contributed by atoms with Gasteiger partial charge in [-0.25, -0.2) is 9.50 Å². The van der Waals surface area contributed by atoms with E-state index < -0.39 is 11.4 Å². The van der Waals surface area contributed by atoms with Gasteiger partial charge in [0.15, 0.2) is 0 Å². The first kappa shape index (κ1) is 20.5. The molecule has 0 bridgehead atoms. The van der Waals surface area contributed by atoms with Crippen molar-refractivity contribution in [3.05, 3.63) is 47.8 Å². The van der Waals surface area contributed by atoms with Crippen LogP contribution in [-0.4, -0.2) is 43.5 Å². The van der Waals surface area contributed by atoms with E-state index in [1.165, 1.54) is 17.8 Å². The number of ether oxygens (including phenoxy) is 3. The highest BCUT2D eigenvalue weighted by Crippen LogP contribution is 2.51. The van der Waals surface area contributed by atoms with Crippen molar-refractivity contribution in [2.75, 3.05) is 12.8 Å². The first-order chi connectivity index (χ1) is 14.3. The van der Waals surface area contributed by atoms with Crippen LogP contribution in [0.2, 0.25) is 0 Å². The molecule has 0 saturated carbocycles. The van der Waals surface area contributed by atoms with Gasteiger partial charge in [-0.05, 0) is 18.9 Å². The topological polar surface area (TPSA) is 117 Å². The standard InChI is InChI=1S/C21H27N5O4/c1-5-15-13(2)20(3,29-12-14-9-7-6-8-10-14)21(27,30-15)16-11-23-17-18(28-4)24-19(22)25-26(16)17/h6-11,13,15,27H,5,12H2,1-4H3,(H2,22,25)/t13-,15-,20-,21+/m1/s1. The number of benzene rings is 1. The van der Waals surface area contributed by atoms with Gasteiger partial charge in [-0.1, -0.05) is 44.2 Å². The van der Waals surface area contributed by atoms with Crippen LogP contribution in [0.25, 0.3) is 5.65 Å². The number of aliphatic hydroxyl groups is 1. The molecule has 1 aliphatic rings. The molecule has 9 heteroatoms. The Bertz CT molecular complexity index is 1040. The lowest BCUT2D eigenvalue weighted by Gasteiger charge is -2.39. The summed E-state index contributed by atoms with van der Waals surface area (Å²) in [5, 5.41) is 16.2. The number of aromatic nitrogens is 4. The number of hydrogen-bond acceptors (Lipinski definition) is 8. The van der Waals surface area contributed by atoms with E-state index in [4.69, 9.17) is 19.9 Å². The predicted octanol–water partition coefficient (Wildman–Crippen LogP) is 2.28. The van der Waals surface area contributed by atoms with Gasteiger partial charge in [0, 0.05) is 5.92 Å². The Morgan fingerprint density at radius 1 is 1.30 bits per heavy atom. The van der Waals surface area contributed by atoms with Crippen molar-refractivity contribution in [1.29, 1.82) is 0 Å². The molecular weight excluding hydrogens is 386 g/mol. The van der Waals surface area contributed by atoms with Crippen LogP contribution >= 0.6 is 0 Å². The highest BCUT2D eigenvalue weighted by molar-refractivity contribution is 5.52. The van der Waals surface area contributed by atoms with Gasteiger partial charge in [0.1, 0.15) is 11.3 Å². The number of hydrogen-bond donors (Lipinski definition) is 2. The molecule has 3 aromatic rings. The molecule has 1 fully saturated rings. The number of nitrogens with two attached hydrogens (primary N) is 1. The maximum atomic E-state index is 11.9.